The van der Waals surface area contributed by atoms with Crippen molar-refractivity contribution in [3.05, 3.63) is 60.7 Å². The van der Waals surface area contributed by atoms with E-state index in [1.807, 2.05) is 12.1 Å². The third-order valence-electron chi connectivity index (χ3n) is 4.34. The van der Waals surface area contributed by atoms with Crippen LogP contribution < -0.4 is 10.4 Å². The third kappa shape index (κ3) is 5.92. The number of halogens is 3. The first-order chi connectivity index (χ1) is 12.8. The summed E-state index contributed by atoms with van der Waals surface area (Å²) in [6.45, 7) is 5.63. The summed E-state index contributed by atoms with van der Waals surface area (Å²) in [4.78, 5) is 0. The van der Waals surface area contributed by atoms with E-state index in [-0.39, 0.29) is 0 Å². The van der Waals surface area contributed by atoms with E-state index in [1.165, 1.54) is 0 Å². The van der Waals surface area contributed by atoms with Gasteiger partial charge < -0.3 is 8.85 Å². The van der Waals surface area contributed by atoms with Gasteiger partial charge in [-0.15, -0.1) is 0 Å². The topological polar surface area (TPSA) is 18.5 Å². The van der Waals surface area contributed by atoms with Crippen LogP contribution in [0.5, 0.6) is 0 Å². The van der Waals surface area contributed by atoms with Gasteiger partial charge in [0.15, 0.2) is 0 Å². The maximum absolute atomic E-state index is 13.3. The van der Waals surface area contributed by atoms with Crippen LogP contribution in [-0.2, 0) is 8.85 Å². The minimum atomic E-state index is -4.46. The lowest BCUT2D eigenvalue weighted by molar-refractivity contribution is -0.194. The van der Waals surface area contributed by atoms with Crippen LogP contribution in [0.4, 0.5) is 13.2 Å². The van der Waals surface area contributed by atoms with Crippen molar-refractivity contribution in [3.8, 4) is 0 Å². The van der Waals surface area contributed by atoms with Gasteiger partial charge in [-0.1, -0.05) is 74.5 Å². The lowest BCUT2D eigenvalue weighted by Gasteiger charge is -2.34. The molecule has 0 fully saturated rings. The average Bonchev–Trinajstić information content (AvgIpc) is 2.64. The molecule has 0 radical (unpaired) electrons. The van der Waals surface area contributed by atoms with Crippen molar-refractivity contribution in [3.63, 3.8) is 0 Å². The average molecular weight is 397 g/mol. The zero-order valence-corrected chi connectivity index (χ0v) is 17.0. The normalized spacial score (nSPS) is 13.7. The third-order valence-corrected chi connectivity index (χ3v) is 7.83. The molecule has 2 aromatic rings. The number of alkyl halides is 3. The summed E-state index contributed by atoms with van der Waals surface area (Å²) in [5, 5.41) is 1.36. The molecule has 0 aliphatic carbocycles. The van der Waals surface area contributed by atoms with Crippen LogP contribution in [0.3, 0.4) is 0 Å². The van der Waals surface area contributed by atoms with E-state index in [0.717, 1.165) is 19.8 Å². The molecular weight excluding hydrogens is 369 g/mol. The molecule has 0 N–H and O–H groups in total. The van der Waals surface area contributed by atoms with Gasteiger partial charge in [0, 0.05) is 6.61 Å². The Morgan fingerprint density at radius 1 is 0.852 bits per heavy atom. The molecule has 2 aromatic carbocycles. The summed E-state index contributed by atoms with van der Waals surface area (Å²) in [6.07, 6.45) is -4.66. The van der Waals surface area contributed by atoms with E-state index >= 15 is 0 Å². The highest BCUT2D eigenvalue weighted by Gasteiger charge is 2.49. The molecule has 0 saturated heterocycles. The summed E-state index contributed by atoms with van der Waals surface area (Å²) in [5.74, 6) is 0.508. The minimum Gasteiger partial charge on any atom is -0.388 e. The second-order valence-corrected chi connectivity index (χ2v) is 9.95. The Hall–Kier alpha value is -1.63. The fraction of sp³-hybridized carbons (Fsp3) is 0.429. The van der Waals surface area contributed by atoms with Crippen LogP contribution >= 0.6 is 0 Å². The molecule has 0 heterocycles. The van der Waals surface area contributed by atoms with Crippen molar-refractivity contribution in [2.45, 2.75) is 45.9 Å². The molecule has 0 spiro atoms. The second-order valence-electron chi connectivity index (χ2n) is 7.03. The van der Waals surface area contributed by atoms with Gasteiger partial charge in [0.25, 0.3) is 0 Å². The molecule has 6 heteroatoms. The van der Waals surface area contributed by atoms with Gasteiger partial charge in [-0.2, -0.15) is 13.2 Å². The predicted molar refractivity (Wildman–Crippen MR) is 105 cm³/mol. The first-order valence-corrected chi connectivity index (χ1v) is 11.1. The molecule has 0 aliphatic rings. The molecule has 0 amide bonds. The van der Waals surface area contributed by atoms with Gasteiger partial charge in [-0.05, 0) is 36.1 Å². The number of hydrogen-bond acceptors (Lipinski definition) is 2. The predicted octanol–water partition coefficient (Wildman–Crippen LogP) is 4.66. The molecule has 1 unspecified atom stereocenters. The van der Waals surface area contributed by atoms with Crippen molar-refractivity contribution in [1.29, 1.82) is 0 Å². The Balaban J connectivity index is 2.45. The van der Waals surface area contributed by atoms with Crippen molar-refractivity contribution in [2.75, 3.05) is 6.61 Å². The van der Waals surface area contributed by atoms with Crippen LogP contribution in [0.1, 0.15) is 33.6 Å². The molecule has 148 valence electrons. The Morgan fingerprint density at radius 3 is 1.74 bits per heavy atom. The van der Waals surface area contributed by atoms with Crippen LogP contribution in [-0.4, -0.2) is 27.4 Å². The summed E-state index contributed by atoms with van der Waals surface area (Å²) in [6, 6.07) is 18.1. The number of rotatable bonds is 9. The lowest BCUT2D eigenvalue weighted by atomic mass is 10.1. The maximum Gasteiger partial charge on any atom is 0.413 e. The van der Waals surface area contributed by atoms with E-state index in [1.54, 1.807) is 48.5 Å². The first-order valence-electron chi connectivity index (χ1n) is 9.25. The fourth-order valence-corrected chi connectivity index (χ4v) is 6.17. The maximum atomic E-state index is 13.3. The molecular formula is C21H27F3O2Si. The van der Waals surface area contributed by atoms with Gasteiger partial charge in [0.2, 0.25) is 0 Å². The quantitative estimate of drug-likeness (QED) is 0.453. The Bertz CT molecular complexity index is 635. The van der Waals surface area contributed by atoms with Gasteiger partial charge in [0.05, 0.1) is 0 Å². The molecule has 0 bridgehead atoms. The van der Waals surface area contributed by atoms with Crippen LogP contribution in [0.15, 0.2) is 60.7 Å². The van der Waals surface area contributed by atoms with Gasteiger partial charge >= 0.3 is 14.7 Å². The summed E-state index contributed by atoms with van der Waals surface area (Å²) < 4.78 is 52.0. The Labute approximate surface area is 160 Å². The molecule has 0 aromatic heterocycles. The number of benzene rings is 2. The Morgan fingerprint density at radius 2 is 1.33 bits per heavy atom. The van der Waals surface area contributed by atoms with Gasteiger partial charge in [0.1, 0.15) is 6.10 Å². The molecule has 27 heavy (non-hydrogen) atoms. The van der Waals surface area contributed by atoms with Gasteiger partial charge in [-0.25, -0.2) is 0 Å². The van der Waals surface area contributed by atoms with Crippen LogP contribution in [0, 0.1) is 5.92 Å². The monoisotopic (exact) mass is 396 g/mol. The second kappa shape index (κ2) is 9.53. The molecule has 1 atom stereocenters. The van der Waals surface area contributed by atoms with Crippen molar-refractivity contribution < 1.29 is 22.0 Å². The minimum absolute atomic E-state index is 0.360. The zero-order chi connectivity index (χ0) is 19.9. The summed E-state index contributed by atoms with van der Waals surface area (Å²) in [5.41, 5.74) is 0. The SMILES string of the molecule is CC(C)CCCO[Si](OC(C)C(F)(F)F)(c1ccccc1)c1ccccc1. The van der Waals surface area contributed by atoms with E-state index < -0.39 is 20.8 Å². The highest BCUT2D eigenvalue weighted by atomic mass is 28.4. The highest BCUT2D eigenvalue weighted by molar-refractivity contribution is 6.92. The molecule has 0 saturated carbocycles. The Kier molecular flexibility index (Phi) is 7.65. The van der Waals surface area contributed by atoms with Crippen molar-refractivity contribution >= 4 is 18.9 Å². The first kappa shape index (κ1) is 21.7. The summed E-state index contributed by atoms with van der Waals surface area (Å²) >= 11 is 0. The van der Waals surface area contributed by atoms with Crippen LogP contribution in [0.25, 0.3) is 0 Å². The summed E-state index contributed by atoms with van der Waals surface area (Å²) in [7, 11) is -3.51. The molecule has 2 nitrogen and oxygen atoms in total. The molecule has 0 aliphatic heterocycles. The van der Waals surface area contributed by atoms with Gasteiger partial charge in [-0.3, -0.25) is 0 Å². The fourth-order valence-electron chi connectivity index (χ4n) is 2.84. The number of hydrogen-bond donors (Lipinski definition) is 0. The van der Waals surface area contributed by atoms with Crippen LogP contribution in [0.2, 0.25) is 0 Å². The molecule has 2 rings (SSSR count). The van der Waals surface area contributed by atoms with E-state index in [9.17, 15) is 13.2 Å². The largest absolute Gasteiger partial charge is 0.413 e. The standard InChI is InChI=1S/C21H27F3O2Si/c1-17(2)11-10-16-25-27(19-12-6-4-7-13-19,20-14-8-5-9-15-20)26-18(3)21(22,23)24/h4-9,12-15,17-18H,10-11,16H2,1-3H3. The van der Waals surface area contributed by atoms with Crippen molar-refractivity contribution in [1.82, 2.24) is 0 Å². The zero-order valence-electron chi connectivity index (χ0n) is 16.0. The smallest absolute Gasteiger partial charge is 0.388 e. The highest BCUT2D eigenvalue weighted by Crippen LogP contribution is 2.26. The lowest BCUT2D eigenvalue weighted by Crippen LogP contribution is -2.65. The van der Waals surface area contributed by atoms with Crippen molar-refractivity contribution in [2.24, 2.45) is 5.92 Å². The van der Waals surface area contributed by atoms with E-state index in [4.69, 9.17) is 8.85 Å². The van der Waals surface area contributed by atoms with E-state index in [0.29, 0.717) is 22.9 Å². The van der Waals surface area contributed by atoms with E-state index in [2.05, 4.69) is 13.8 Å².